The summed E-state index contributed by atoms with van der Waals surface area (Å²) in [5, 5.41) is 3.93. The molecule has 1 N–H and O–H groups in total. The Hall–Kier alpha value is -4.07. The molecule has 0 saturated carbocycles. The number of nitrogens with one attached hydrogen (secondary N) is 1. The van der Waals surface area contributed by atoms with E-state index in [-0.39, 0.29) is 12.3 Å². The molecule has 8 heteroatoms. The summed E-state index contributed by atoms with van der Waals surface area (Å²) in [5.41, 5.74) is 4.21. The number of hydrogen-bond donors (Lipinski definition) is 1. The van der Waals surface area contributed by atoms with Crippen LogP contribution in [0.25, 0.3) is 11.3 Å². The van der Waals surface area contributed by atoms with E-state index in [1.807, 2.05) is 0 Å². The van der Waals surface area contributed by atoms with Gasteiger partial charge in [-0.2, -0.15) is 5.10 Å². The van der Waals surface area contributed by atoms with Crippen molar-refractivity contribution in [2.75, 3.05) is 21.3 Å². The molecule has 0 atom stereocenters. The van der Waals surface area contributed by atoms with E-state index in [9.17, 15) is 9.59 Å². The summed E-state index contributed by atoms with van der Waals surface area (Å²) in [4.78, 5) is 24.1. The number of carbonyl (C=O) groups is 2. The van der Waals surface area contributed by atoms with Crippen molar-refractivity contribution in [3.05, 3.63) is 71.5 Å². The lowest BCUT2D eigenvalue weighted by atomic mass is 10.1. The number of methoxy groups -OCH3 is 3. The van der Waals surface area contributed by atoms with Crippen LogP contribution in [-0.4, -0.2) is 39.4 Å². The van der Waals surface area contributed by atoms with Crippen molar-refractivity contribution >= 4 is 18.1 Å². The molecule has 0 fully saturated rings. The molecule has 0 bridgehead atoms. The zero-order valence-corrected chi connectivity index (χ0v) is 17.4. The van der Waals surface area contributed by atoms with Gasteiger partial charge in [-0.15, -0.1) is 0 Å². The highest BCUT2D eigenvalue weighted by Gasteiger charge is 2.15. The Balaban J connectivity index is 1.63. The van der Waals surface area contributed by atoms with Crippen LogP contribution in [-0.2, 0) is 16.0 Å². The van der Waals surface area contributed by atoms with Crippen LogP contribution in [0.15, 0.2) is 64.1 Å². The molecule has 3 rings (SSSR count). The van der Waals surface area contributed by atoms with Crippen LogP contribution in [0.5, 0.6) is 11.5 Å². The topological polar surface area (TPSA) is 99.4 Å². The first-order chi connectivity index (χ1) is 15.0. The molecule has 0 spiro atoms. The standard InChI is InChI=1S/C23H22N2O6/c1-28-20-10-8-15(12-21(20)29-2)13-22(26)25-24-14-16-9-11-19(31-16)17-6-4-5-7-18(17)23(27)30-3/h4-12,14H,13H2,1-3H3,(H,25,26)/b24-14-. The van der Waals surface area contributed by atoms with Crippen molar-refractivity contribution in [2.45, 2.75) is 6.42 Å². The van der Waals surface area contributed by atoms with Crippen LogP contribution in [0.4, 0.5) is 0 Å². The molecule has 0 aliphatic heterocycles. The number of rotatable bonds is 8. The lowest BCUT2D eigenvalue weighted by Gasteiger charge is -2.09. The Labute approximate surface area is 179 Å². The number of furan rings is 1. The molecule has 0 aliphatic carbocycles. The predicted octanol–water partition coefficient (Wildman–Crippen LogP) is 3.44. The zero-order chi connectivity index (χ0) is 22.2. The minimum atomic E-state index is -0.454. The fourth-order valence-electron chi connectivity index (χ4n) is 2.94. The largest absolute Gasteiger partial charge is 0.493 e. The quantitative estimate of drug-likeness (QED) is 0.339. The van der Waals surface area contributed by atoms with E-state index in [4.69, 9.17) is 18.6 Å². The second kappa shape index (κ2) is 10.1. The molecular formula is C23H22N2O6. The SMILES string of the molecule is COC(=O)c1ccccc1-c1ccc(/C=N\NC(=O)Cc2ccc(OC)c(OC)c2)o1. The van der Waals surface area contributed by atoms with Crippen LogP contribution >= 0.6 is 0 Å². The first-order valence-electron chi connectivity index (χ1n) is 9.36. The van der Waals surface area contributed by atoms with Crippen LogP contribution < -0.4 is 14.9 Å². The zero-order valence-electron chi connectivity index (χ0n) is 17.4. The van der Waals surface area contributed by atoms with Crippen molar-refractivity contribution in [1.82, 2.24) is 5.43 Å². The average molecular weight is 422 g/mol. The smallest absolute Gasteiger partial charge is 0.338 e. The first-order valence-corrected chi connectivity index (χ1v) is 9.36. The monoisotopic (exact) mass is 422 g/mol. The molecule has 2 aromatic carbocycles. The second-order valence-electron chi connectivity index (χ2n) is 6.40. The Kier molecular flexibility index (Phi) is 7.05. The van der Waals surface area contributed by atoms with Gasteiger partial charge in [-0.1, -0.05) is 24.3 Å². The molecule has 0 unspecified atom stereocenters. The van der Waals surface area contributed by atoms with Gasteiger partial charge in [-0.25, -0.2) is 10.2 Å². The number of amides is 1. The highest BCUT2D eigenvalue weighted by Crippen LogP contribution is 2.28. The lowest BCUT2D eigenvalue weighted by molar-refractivity contribution is -0.120. The van der Waals surface area contributed by atoms with E-state index in [1.54, 1.807) is 61.7 Å². The summed E-state index contributed by atoms with van der Waals surface area (Å²) in [6.07, 6.45) is 1.50. The first kappa shape index (κ1) is 21.6. The maximum Gasteiger partial charge on any atom is 0.338 e. The minimum absolute atomic E-state index is 0.119. The van der Waals surface area contributed by atoms with Crippen molar-refractivity contribution in [3.8, 4) is 22.8 Å². The predicted molar refractivity (Wildman–Crippen MR) is 114 cm³/mol. The van der Waals surface area contributed by atoms with Gasteiger partial charge in [0.15, 0.2) is 11.5 Å². The summed E-state index contributed by atoms with van der Waals surface area (Å²) < 4.78 is 21.0. The molecule has 1 amide bonds. The maximum absolute atomic E-state index is 12.2. The third-order valence-electron chi connectivity index (χ3n) is 4.42. The third-order valence-corrected chi connectivity index (χ3v) is 4.42. The number of hydrazone groups is 1. The Bertz CT molecular complexity index is 1100. The van der Waals surface area contributed by atoms with Gasteiger partial charge < -0.3 is 18.6 Å². The van der Waals surface area contributed by atoms with Crippen molar-refractivity contribution in [2.24, 2.45) is 5.10 Å². The van der Waals surface area contributed by atoms with E-state index in [2.05, 4.69) is 10.5 Å². The van der Waals surface area contributed by atoms with Gasteiger partial charge in [-0.05, 0) is 35.9 Å². The van der Waals surface area contributed by atoms with Gasteiger partial charge >= 0.3 is 5.97 Å². The number of nitrogens with zero attached hydrogens (tertiary/aromatic N) is 1. The lowest BCUT2D eigenvalue weighted by Crippen LogP contribution is -2.19. The van der Waals surface area contributed by atoms with Gasteiger partial charge in [-0.3, -0.25) is 4.79 Å². The van der Waals surface area contributed by atoms with Crippen LogP contribution in [0.3, 0.4) is 0 Å². The molecule has 1 heterocycles. The summed E-state index contributed by atoms with van der Waals surface area (Å²) in [5.74, 6) is 1.29. The van der Waals surface area contributed by atoms with Gasteiger partial charge in [0.2, 0.25) is 5.91 Å². The fourth-order valence-corrected chi connectivity index (χ4v) is 2.94. The molecule has 8 nitrogen and oxygen atoms in total. The molecule has 160 valence electrons. The molecule has 0 saturated heterocycles. The van der Waals surface area contributed by atoms with Gasteiger partial charge in [0.25, 0.3) is 0 Å². The third kappa shape index (κ3) is 5.30. The number of ether oxygens (including phenoxy) is 3. The minimum Gasteiger partial charge on any atom is -0.493 e. The number of hydrogen-bond acceptors (Lipinski definition) is 7. The average Bonchev–Trinajstić information content (AvgIpc) is 3.27. The van der Waals surface area contributed by atoms with Crippen molar-refractivity contribution < 1.29 is 28.2 Å². The molecule has 3 aromatic rings. The van der Waals surface area contributed by atoms with Gasteiger partial charge in [0.1, 0.15) is 11.5 Å². The van der Waals surface area contributed by atoms with Crippen LogP contribution in [0.2, 0.25) is 0 Å². The highest BCUT2D eigenvalue weighted by atomic mass is 16.5. The summed E-state index contributed by atoms with van der Waals surface area (Å²) in [6.45, 7) is 0. The summed E-state index contributed by atoms with van der Waals surface area (Å²) in [6, 6.07) is 15.6. The van der Waals surface area contributed by atoms with E-state index >= 15 is 0 Å². The number of esters is 1. The summed E-state index contributed by atoms with van der Waals surface area (Å²) >= 11 is 0. The van der Waals surface area contributed by atoms with Crippen molar-refractivity contribution in [1.29, 1.82) is 0 Å². The number of benzene rings is 2. The van der Waals surface area contributed by atoms with Crippen LogP contribution in [0.1, 0.15) is 21.7 Å². The molecule has 0 aliphatic rings. The van der Waals surface area contributed by atoms with Gasteiger partial charge in [0, 0.05) is 5.56 Å². The van der Waals surface area contributed by atoms with E-state index in [1.165, 1.54) is 20.4 Å². The summed E-state index contributed by atoms with van der Waals surface area (Å²) in [7, 11) is 4.41. The Morgan fingerprint density at radius 3 is 2.52 bits per heavy atom. The Morgan fingerprint density at radius 2 is 1.77 bits per heavy atom. The van der Waals surface area contributed by atoms with E-state index < -0.39 is 5.97 Å². The molecule has 0 radical (unpaired) electrons. The molecular weight excluding hydrogens is 400 g/mol. The maximum atomic E-state index is 12.2. The van der Waals surface area contributed by atoms with Gasteiger partial charge in [0.05, 0.1) is 39.5 Å². The van der Waals surface area contributed by atoms with E-state index in [0.29, 0.717) is 34.1 Å². The number of carbonyl (C=O) groups excluding carboxylic acids is 2. The highest BCUT2D eigenvalue weighted by molar-refractivity contribution is 5.96. The molecule has 1 aromatic heterocycles. The fraction of sp³-hybridized carbons (Fsp3) is 0.174. The van der Waals surface area contributed by atoms with Crippen LogP contribution in [0, 0.1) is 0 Å². The van der Waals surface area contributed by atoms with E-state index in [0.717, 1.165) is 5.56 Å². The Morgan fingerprint density at radius 1 is 1.00 bits per heavy atom. The van der Waals surface area contributed by atoms with Crippen molar-refractivity contribution in [3.63, 3.8) is 0 Å². The normalized spacial score (nSPS) is 10.7. The molecule has 31 heavy (non-hydrogen) atoms. The second-order valence-corrected chi connectivity index (χ2v) is 6.40.